The van der Waals surface area contributed by atoms with E-state index in [-0.39, 0.29) is 29.1 Å². The Kier molecular flexibility index (Phi) is 12.7. The minimum Gasteiger partial charge on any atom is -0.497 e. The normalized spacial score (nSPS) is 24.0. The summed E-state index contributed by atoms with van der Waals surface area (Å²) in [5, 5.41) is 2.47. The molecule has 3 aliphatic heterocycles. The van der Waals surface area contributed by atoms with Crippen molar-refractivity contribution in [2.75, 3.05) is 38.4 Å². The minimum absolute atomic E-state index is 0.000788. The van der Waals surface area contributed by atoms with Crippen LogP contribution in [0.15, 0.2) is 131 Å². The van der Waals surface area contributed by atoms with Crippen LogP contribution in [0.3, 0.4) is 0 Å². The number of nitrogens with one attached hydrogen (secondary N) is 1. The van der Waals surface area contributed by atoms with Gasteiger partial charge in [-0.05, 0) is 72.0 Å². The summed E-state index contributed by atoms with van der Waals surface area (Å²) < 4.78 is 85.0. The van der Waals surface area contributed by atoms with Gasteiger partial charge < -0.3 is 33.3 Å². The molecule has 7 atom stereocenters. The maximum absolute atomic E-state index is 17.3. The summed E-state index contributed by atoms with van der Waals surface area (Å²) >= 11 is 0. The van der Waals surface area contributed by atoms with Crippen molar-refractivity contribution < 1.29 is 45.6 Å². The Hall–Kier alpha value is -5.06. The van der Waals surface area contributed by atoms with Crippen LogP contribution in [0.1, 0.15) is 42.7 Å². The number of benzene rings is 4. The van der Waals surface area contributed by atoms with Crippen molar-refractivity contribution >= 4 is 30.1 Å². The summed E-state index contributed by atoms with van der Waals surface area (Å²) in [4.78, 5) is 29.2. The van der Waals surface area contributed by atoms with Crippen molar-refractivity contribution in [1.29, 1.82) is 0 Å². The molecule has 5 aromatic rings. The van der Waals surface area contributed by atoms with Gasteiger partial charge in [-0.3, -0.25) is 9.36 Å². The molecule has 3 fully saturated rings. The third-order valence-corrected chi connectivity index (χ3v) is 14.7. The van der Waals surface area contributed by atoms with Gasteiger partial charge in [-0.25, -0.2) is 22.3 Å². The number of anilines is 1. The number of hydrogen-bond acceptors (Lipinski definition) is 12. The van der Waals surface area contributed by atoms with E-state index >= 15 is 4.39 Å². The van der Waals surface area contributed by atoms with Gasteiger partial charge in [-0.1, -0.05) is 72.8 Å². The van der Waals surface area contributed by atoms with Gasteiger partial charge in [0, 0.05) is 25.7 Å². The van der Waals surface area contributed by atoms with Crippen molar-refractivity contribution in [2.24, 2.45) is 0 Å². The fraction of sp³-hybridized carbons (Fsp3) is 0.341. The number of nitrogens with zero attached hydrogens (tertiary/aromatic N) is 3. The van der Waals surface area contributed by atoms with Crippen molar-refractivity contribution in [1.82, 2.24) is 14.2 Å². The molecule has 3 saturated heterocycles. The van der Waals surface area contributed by atoms with Crippen molar-refractivity contribution in [3.63, 3.8) is 0 Å². The number of hydrogen-bond donors (Lipinski definition) is 1. The Labute approximate surface area is 354 Å². The zero-order valence-corrected chi connectivity index (χ0v) is 35.4. The van der Waals surface area contributed by atoms with Gasteiger partial charge in [0.15, 0.2) is 22.2 Å². The molecule has 0 unspecified atom stereocenters. The molecular formula is C44H46FN4O10PS. The number of fused-ring (bicyclic) bond motifs is 1. The molecular weight excluding hydrogens is 827 g/mol. The molecule has 14 nitrogen and oxygen atoms in total. The van der Waals surface area contributed by atoms with Gasteiger partial charge in [0.05, 0.1) is 37.6 Å². The van der Waals surface area contributed by atoms with Gasteiger partial charge in [-0.15, -0.1) is 0 Å². The first kappa shape index (κ1) is 42.6. The zero-order valence-electron chi connectivity index (χ0n) is 33.7. The molecule has 0 aliphatic carbocycles. The van der Waals surface area contributed by atoms with Crippen LogP contribution in [-0.2, 0) is 38.8 Å². The van der Waals surface area contributed by atoms with Crippen LogP contribution in [0.25, 0.3) is 0 Å². The average Bonchev–Trinajstić information content (AvgIpc) is 3.97. The third-order valence-electron chi connectivity index (χ3n) is 11.1. The molecule has 0 bridgehead atoms. The van der Waals surface area contributed by atoms with Gasteiger partial charge in [0.25, 0.3) is 8.53 Å². The Morgan fingerprint density at radius 1 is 0.885 bits per heavy atom. The quantitative estimate of drug-likeness (QED) is 0.0913. The monoisotopic (exact) mass is 872 g/mol. The molecule has 1 N–H and O–H groups in total. The van der Waals surface area contributed by atoms with Gasteiger partial charge >= 0.3 is 5.69 Å². The molecule has 320 valence electrons. The second-order valence-corrected chi connectivity index (χ2v) is 18.4. The van der Waals surface area contributed by atoms with E-state index in [1.165, 1.54) is 19.2 Å². The molecule has 8 rings (SSSR count). The molecule has 1 amide bonds. The first-order valence-corrected chi connectivity index (χ1v) is 22.6. The van der Waals surface area contributed by atoms with Crippen molar-refractivity contribution in [2.45, 2.75) is 67.0 Å². The lowest BCUT2D eigenvalue weighted by Crippen LogP contribution is -2.40. The van der Waals surface area contributed by atoms with E-state index in [4.69, 9.17) is 28.0 Å². The summed E-state index contributed by atoms with van der Waals surface area (Å²) in [7, 11) is -2.55. The summed E-state index contributed by atoms with van der Waals surface area (Å²) in [5.41, 5.74) is 0.0564. The highest BCUT2D eigenvalue weighted by Gasteiger charge is 2.55. The number of rotatable bonds is 15. The molecule has 17 heteroatoms. The smallest absolute Gasteiger partial charge is 0.351 e. The summed E-state index contributed by atoms with van der Waals surface area (Å²) in [6.45, 7) is 1.59. The number of halogens is 1. The average molecular weight is 873 g/mol. The number of ether oxygens (including phenoxy) is 4. The number of carbonyl (C=O) groups excluding carboxylic acids is 1. The van der Waals surface area contributed by atoms with E-state index < -0.39 is 66.3 Å². The van der Waals surface area contributed by atoms with Gasteiger partial charge in [0.2, 0.25) is 5.91 Å². The van der Waals surface area contributed by atoms with Crippen LogP contribution in [0.4, 0.5) is 10.2 Å². The van der Waals surface area contributed by atoms with Crippen LogP contribution in [0.2, 0.25) is 0 Å². The Bertz CT molecular complexity index is 2420. The summed E-state index contributed by atoms with van der Waals surface area (Å²) in [5.74, 6) is 0.560. The fourth-order valence-corrected chi connectivity index (χ4v) is 11.8. The lowest BCUT2D eigenvalue weighted by atomic mass is 9.80. The molecule has 1 aromatic heterocycles. The van der Waals surface area contributed by atoms with E-state index in [9.17, 15) is 18.0 Å². The molecule has 61 heavy (non-hydrogen) atoms. The summed E-state index contributed by atoms with van der Waals surface area (Å²) in [6.07, 6.45) is -3.93. The SMILES string of the molecule is COc1ccc(C(OC[C@H]2O[C@@H](n3ccc(NC(C)=O)nc3=O)[C@@H](F)[C@@H]2O[P@]2O[C@H](CS(=O)(=O)c3ccccc3)[C@@H]3CCCN32)(c2ccccc2)c2ccc(OC)cc2)cc1. The van der Waals surface area contributed by atoms with Crippen LogP contribution in [0, 0.1) is 0 Å². The number of sulfone groups is 1. The van der Waals surface area contributed by atoms with Gasteiger partial charge in [0.1, 0.15) is 35.1 Å². The van der Waals surface area contributed by atoms with E-state index in [0.717, 1.165) is 27.7 Å². The molecule has 0 saturated carbocycles. The Morgan fingerprint density at radius 2 is 1.49 bits per heavy atom. The van der Waals surface area contributed by atoms with Crippen LogP contribution < -0.4 is 20.5 Å². The zero-order chi connectivity index (χ0) is 42.7. The third kappa shape index (κ3) is 8.71. The number of alkyl halides is 1. The standard InChI is InChI=1S/C44H46FN4O10PS/c1-29(50)46-39-24-26-48(43(51)47-39)42-40(45)41(59-60-49-25-10-15-36(49)38(58-60)28-61(52,53)35-13-8-5-9-14-35)37(57-42)27-56-44(30-11-6-4-7-12-30,31-16-20-33(54-2)21-17-31)32-18-22-34(55-3)23-19-32/h4-9,11-14,16-24,26,36-38,40-42H,10,15,25,27-28H2,1-3H3,(H,46,47,50,51)/t36-,37+,38+,40-,41+,42+,60-/m0/s1. The number of aromatic nitrogens is 2. The molecule has 0 radical (unpaired) electrons. The first-order chi connectivity index (χ1) is 29.5. The topological polar surface area (TPSA) is 157 Å². The lowest BCUT2D eigenvalue weighted by Gasteiger charge is -2.37. The minimum atomic E-state index is -3.73. The number of methoxy groups -OCH3 is 2. The molecule has 4 heterocycles. The van der Waals surface area contributed by atoms with E-state index in [1.54, 1.807) is 44.6 Å². The highest BCUT2D eigenvalue weighted by Crippen LogP contribution is 2.58. The fourth-order valence-electron chi connectivity index (χ4n) is 8.19. The Morgan fingerprint density at radius 3 is 2.08 bits per heavy atom. The van der Waals surface area contributed by atoms with Crippen LogP contribution in [0.5, 0.6) is 11.5 Å². The Balaban J connectivity index is 1.16. The van der Waals surface area contributed by atoms with E-state index in [0.29, 0.717) is 24.5 Å². The predicted molar refractivity (Wildman–Crippen MR) is 225 cm³/mol. The van der Waals surface area contributed by atoms with Crippen molar-refractivity contribution in [3.8, 4) is 11.5 Å². The highest BCUT2D eigenvalue weighted by molar-refractivity contribution is 7.91. The second-order valence-electron chi connectivity index (χ2n) is 14.9. The maximum Gasteiger partial charge on any atom is 0.351 e. The van der Waals surface area contributed by atoms with Crippen LogP contribution >= 0.6 is 8.53 Å². The summed E-state index contributed by atoms with van der Waals surface area (Å²) in [6, 6.07) is 33.8. The molecule has 4 aromatic carbocycles. The lowest BCUT2D eigenvalue weighted by molar-refractivity contribution is -0.114. The number of amides is 1. The van der Waals surface area contributed by atoms with E-state index in [1.807, 2.05) is 83.5 Å². The second kappa shape index (κ2) is 18.1. The number of carbonyl (C=O) groups is 1. The maximum atomic E-state index is 17.3. The van der Waals surface area contributed by atoms with Gasteiger partial charge in [-0.2, -0.15) is 4.98 Å². The first-order valence-electron chi connectivity index (χ1n) is 19.8. The highest BCUT2D eigenvalue weighted by atomic mass is 32.2. The van der Waals surface area contributed by atoms with Crippen LogP contribution in [-0.4, -0.2) is 92.2 Å². The van der Waals surface area contributed by atoms with E-state index in [2.05, 4.69) is 10.3 Å². The van der Waals surface area contributed by atoms with Crippen molar-refractivity contribution in [3.05, 3.63) is 149 Å². The molecule has 3 aliphatic rings. The predicted octanol–water partition coefficient (Wildman–Crippen LogP) is 6.41. The largest absolute Gasteiger partial charge is 0.497 e. The molecule has 0 spiro atoms.